The lowest BCUT2D eigenvalue weighted by Crippen LogP contribution is -2.45. The molecule has 2 aliphatic rings. The van der Waals surface area contributed by atoms with Gasteiger partial charge in [0.05, 0.1) is 12.1 Å². The Bertz CT molecular complexity index is 761. The Balaban J connectivity index is 1.78. The van der Waals surface area contributed by atoms with Crippen molar-refractivity contribution in [3.8, 4) is 0 Å². The second-order valence-corrected chi connectivity index (χ2v) is 11.6. The van der Waals surface area contributed by atoms with Crippen LogP contribution in [0.1, 0.15) is 54.9 Å². The molecular formula is C22H32FNO4S. The second-order valence-electron chi connectivity index (χ2n) is 9.82. The fraction of sp³-hybridized carbons (Fsp3) is 0.682. The van der Waals surface area contributed by atoms with E-state index in [9.17, 15) is 9.18 Å². The summed E-state index contributed by atoms with van der Waals surface area (Å²) in [5.41, 5.74) is -0.569. The molecule has 1 aliphatic carbocycles. The van der Waals surface area contributed by atoms with Crippen LogP contribution in [-0.4, -0.2) is 40.5 Å². The van der Waals surface area contributed by atoms with Gasteiger partial charge in [0.15, 0.2) is 5.79 Å². The Morgan fingerprint density at radius 3 is 2.48 bits per heavy atom. The summed E-state index contributed by atoms with van der Waals surface area (Å²) >= 11 is 1.62. The highest BCUT2D eigenvalue weighted by atomic mass is 32.2. The van der Waals surface area contributed by atoms with E-state index in [1.807, 2.05) is 40.7 Å². The largest absolute Gasteiger partial charge is 0.444 e. The number of nitrogens with one attached hydrogen (secondary N) is 1. The molecule has 0 radical (unpaired) electrons. The van der Waals surface area contributed by atoms with E-state index in [0.717, 1.165) is 4.90 Å². The number of amides is 1. The maximum atomic E-state index is 13.7. The first kappa shape index (κ1) is 22.4. The third-order valence-corrected chi connectivity index (χ3v) is 6.56. The Kier molecular flexibility index (Phi) is 5.98. The molecule has 1 aliphatic heterocycles. The number of halogens is 1. The van der Waals surface area contributed by atoms with Crippen LogP contribution in [0, 0.1) is 11.7 Å². The molecule has 1 heterocycles. The molecule has 0 spiro atoms. The quantitative estimate of drug-likeness (QED) is 0.678. The Morgan fingerprint density at radius 2 is 1.86 bits per heavy atom. The highest BCUT2D eigenvalue weighted by Crippen LogP contribution is 2.51. The minimum absolute atomic E-state index is 0.0995. The van der Waals surface area contributed by atoms with Crippen molar-refractivity contribution in [2.24, 2.45) is 5.92 Å². The first-order valence-electron chi connectivity index (χ1n) is 10.1. The first-order chi connectivity index (χ1) is 13.3. The molecule has 1 aromatic rings. The van der Waals surface area contributed by atoms with Gasteiger partial charge in [-0.3, -0.25) is 0 Å². The number of carbonyl (C=O) groups is 1. The van der Waals surface area contributed by atoms with Gasteiger partial charge in [0, 0.05) is 15.6 Å². The minimum Gasteiger partial charge on any atom is -0.444 e. The van der Waals surface area contributed by atoms with Gasteiger partial charge >= 0.3 is 6.09 Å². The van der Waals surface area contributed by atoms with Crippen LogP contribution >= 0.6 is 11.8 Å². The van der Waals surface area contributed by atoms with E-state index in [1.165, 1.54) is 6.07 Å². The Hall–Kier alpha value is -1.31. The molecule has 1 saturated carbocycles. The molecule has 0 aromatic heterocycles. The van der Waals surface area contributed by atoms with Crippen molar-refractivity contribution in [1.29, 1.82) is 0 Å². The summed E-state index contributed by atoms with van der Waals surface area (Å²) in [7, 11) is 0. The van der Waals surface area contributed by atoms with Gasteiger partial charge < -0.3 is 19.5 Å². The molecule has 7 heteroatoms. The van der Waals surface area contributed by atoms with E-state index in [1.54, 1.807) is 23.9 Å². The summed E-state index contributed by atoms with van der Waals surface area (Å²) in [6.45, 7) is 13.6. The van der Waals surface area contributed by atoms with E-state index in [4.69, 9.17) is 14.2 Å². The SMILES string of the molecule is CC(C)(C)OC(=O)N[C@@H]1C[C@H](C(C)(C)Sc2cccc(F)c2)[C@H]2OC(C)(C)O[C@H]21. The number of hydrogen-bond acceptors (Lipinski definition) is 5. The third kappa shape index (κ3) is 5.44. The van der Waals surface area contributed by atoms with E-state index >= 15 is 0 Å². The monoisotopic (exact) mass is 425 g/mol. The van der Waals surface area contributed by atoms with Gasteiger partial charge in [0.1, 0.15) is 17.5 Å². The lowest BCUT2D eigenvalue weighted by atomic mass is 9.91. The van der Waals surface area contributed by atoms with E-state index in [0.29, 0.717) is 6.42 Å². The summed E-state index contributed by atoms with van der Waals surface area (Å²) < 4.78 is 31.2. The van der Waals surface area contributed by atoms with Crippen molar-refractivity contribution in [3.63, 3.8) is 0 Å². The van der Waals surface area contributed by atoms with Gasteiger partial charge in [-0.25, -0.2) is 9.18 Å². The molecule has 29 heavy (non-hydrogen) atoms. The molecule has 2 fully saturated rings. The van der Waals surface area contributed by atoms with E-state index in [2.05, 4.69) is 19.2 Å². The molecule has 1 amide bonds. The van der Waals surface area contributed by atoms with Crippen molar-refractivity contribution in [2.75, 3.05) is 0 Å². The lowest BCUT2D eigenvalue weighted by Gasteiger charge is -2.35. The number of benzene rings is 1. The van der Waals surface area contributed by atoms with E-state index < -0.39 is 17.5 Å². The predicted octanol–water partition coefficient (Wildman–Crippen LogP) is 5.13. The van der Waals surface area contributed by atoms with Gasteiger partial charge in [0.2, 0.25) is 0 Å². The van der Waals surface area contributed by atoms with Gasteiger partial charge in [-0.1, -0.05) is 6.07 Å². The number of rotatable bonds is 4. The molecule has 5 nitrogen and oxygen atoms in total. The zero-order valence-electron chi connectivity index (χ0n) is 18.2. The van der Waals surface area contributed by atoms with Crippen molar-refractivity contribution in [3.05, 3.63) is 30.1 Å². The lowest BCUT2D eigenvalue weighted by molar-refractivity contribution is -0.159. The van der Waals surface area contributed by atoms with Crippen LogP contribution in [0.4, 0.5) is 9.18 Å². The predicted molar refractivity (Wildman–Crippen MR) is 111 cm³/mol. The van der Waals surface area contributed by atoms with Crippen molar-refractivity contribution >= 4 is 17.9 Å². The van der Waals surface area contributed by atoms with E-state index in [-0.39, 0.29) is 34.7 Å². The van der Waals surface area contributed by atoms with Crippen LogP contribution in [0.2, 0.25) is 0 Å². The number of hydrogen-bond donors (Lipinski definition) is 1. The van der Waals surface area contributed by atoms with Crippen LogP contribution in [-0.2, 0) is 14.2 Å². The summed E-state index contributed by atoms with van der Waals surface area (Å²) in [6.07, 6.45) is -0.179. The standard InChI is InChI=1S/C22H32FNO4S/c1-20(2,3)28-19(25)24-16-12-15(17-18(16)27-22(6,7)26-17)21(4,5)29-14-10-8-9-13(23)11-14/h8-11,15-18H,12H2,1-7H3,(H,24,25)/t15-,16+,17+,18-/m0/s1. The fourth-order valence-electron chi connectivity index (χ4n) is 4.17. The normalized spacial score (nSPS) is 28.8. The van der Waals surface area contributed by atoms with Crippen LogP contribution in [0.5, 0.6) is 0 Å². The van der Waals surface area contributed by atoms with Gasteiger partial charge in [-0.05, 0) is 73.1 Å². The van der Waals surface area contributed by atoms with Crippen LogP contribution in [0.15, 0.2) is 29.2 Å². The van der Waals surface area contributed by atoms with Gasteiger partial charge in [0.25, 0.3) is 0 Å². The molecule has 4 atom stereocenters. The molecule has 1 saturated heterocycles. The topological polar surface area (TPSA) is 56.8 Å². The summed E-state index contributed by atoms with van der Waals surface area (Å²) in [6, 6.07) is 6.41. The second kappa shape index (κ2) is 7.75. The zero-order chi connectivity index (χ0) is 21.6. The highest BCUT2D eigenvalue weighted by Gasteiger charge is 2.58. The summed E-state index contributed by atoms with van der Waals surface area (Å²) in [4.78, 5) is 13.2. The molecule has 3 rings (SSSR count). The average Bonchev–Trinajstić information content (AvgIpc) is 2.99. The van der Waals surface area contributed by atoms with Gasteiger partial charge in [-0.15, -0.1) is 11.8 Å². The summed E-state index contributed by atoms with van der Waals surface area (Å²) in [5.74, 6) is -0.870. The zero-order valence-corrected chi connectivity index (χ0v) is 19.1. The molecule has 1 aromatic carbocycles. The average molecular weight is 426 g/mol. The molecule has 1 N–H and O–H groups in total. The fourth-order valence-corrected chi connectivity index (χ4v) is 5.48. The van der Waals surface area contributed by atoms with Crippen LogP contribution < -0.4 is 5.32 Å². The van der Waals surface area contributed by atoms with Gasteiger partial charge in [-0.2, -0.15) is 0 Å². The smallest absolute Gasteiger partial charge is 0.407 e. The Labute approximate surface area is 177 Å². The number of ether oxygens (including phenoxy) is 3. The minimum atomic E-state index is -0.721. The van der Waals surface area contributed by atoms with Crippen molar-refractivity contribution in [2.45, 2.75) is 94.2 Å². The highest BCUT2D eigenvalue weighted by molar-refractivity contribution is 8.00. The number of carbonyl (C=O) groups excluding carboxylic acids is 1. The van der Waals surface area contributed by atoms with Crippen molar-refractivity contribution < 1.29 is 23.4 Å². The first-order valence-corrected chi connectivity index (χ1v) is 10.9. The van der Waals surface area contributed by atoms with Crippen molar-refractivity contribution in [1.82, 2.24) is 5.32 Å². The molecule has 0 bridgehead atoms. The van der Waals surface area contributed by atoms with Crippen LogP contribution in [0.3, 0.4) is 0 Å². The maximum absolute atomic E-state index is 13.7. The molecule has 162 valence electrons. The number of thioether (sulfide) groups is 1. The maximum Gasteiger partial charge on any atom is 0.407 e. The molecule has 0 unspecified atom stereocenters. The number of alkyl carbamates (subject to hydrolysis) is 1. The summed E-state index contributed by atoms with van der Waals surface area (Å²) in [5, 5.41) is 2.98. The Morgan fingerprint density at radius 1 is 1.21 bits per heavy atom. The number of fused-ring (bicyclic) bond motifs is 1. The third-order valence-electron chi connectivity index (χ3n) is 5.24. The molecular weight excluding hydrogens is 393 g/mol. The van der Waals surface area contributed by atoms with Crippen LogP contribution in [0.25, 0.3) is 0 Å².